The lowest BCUT2D eigenvalue weighted by atomic mass is 10.0. The fourth-order valence-electron chi connectivity index (χ4n) is 3.36. The van der Waals surface area contributed by atoms with E-state index in [9.17, 15) is 19.2 Å². The summed E-state index contributed by atoms with van der Waals surface area (Å²) in [5, 5.41) is 6.04. The van der Waals surface area contributed by atoms with E-state index < -0.39 is 36.4 Å². The van der Waals surface area contributed by atoms with E-state index in [2.05, 4.69) is 15.6 Å². The van der Waals surface area contributed by atoms with Gasteiger partial charge in [-0.05, 0) is 30.7 Å². The smallest absolute Gasteiger partial charge is 0.340 e. The summed E-state index contributed by atoms with van der Waals surface area (Å²) in [5.74, 6) is -2.35. The molecule has 1 heterocycles. The molecule has 0 aliphatic carbocycles. The van der Waals surface area contributed by atoms with Crippen molar-refractivity contribution in [3.8, 4) is 0 Å². The summed E-state index contributed by atoms with van der Waals surface area (Å²) < 4.78 is 10.1. The van der Waals surface area contributed by atoms with Gasteiger partial charge in [-0.3, -0.25) is 9.59 Å². The number of aromatic nitrogens is 1. The summed E-state index contributed by atoms with van der Waals surface area (Å²) in [6.07, 6.45) is 1.96. The van der Waals surface area contributed by atoms with E-state index in [4.69, 9.17) is 9.47 Å². The Kier molecular flexibility index (Phi) is 7.80. The number of aromatic amines is 1. The van der Waals surface area contributed by atoms with Crippen LogP contribution in [0.5, 0.6) is 0 Å². The van der Waals surface area contributed by atoms with Crippen molar-refractivity contribution in [3.05, 3.63) is 65.9 Å². The molecule has 1 aromatic heterocycles. The minimum Gasteiger partial charge on any atom is -0.462 e. The van der Waals surface area contributed by atoms with Crippen molar-refractivity contribution in [2.45, 2.75) is 26.3 Å². The molecule has 9 nitrogen and oxygen atoms in total. The first-order valence-electron chi connectivity index (χ1n) is 10.4. The third-order valence-corrected chi connectivity index (χ3v) is 4.80. The average molecular weight is 451 g/mol. The van der Waals surface area contributed by atoms with E-state index in [0.717, 1.165) is 16.5 Å². The van der Waals surface area contributed by atoms with Gasteiger partial charge in [0.1, 0.15) is 6.04 Å². The van der Waals surface area contributed by atoms with Crippen molar-refractivity contribution in [2.24, 2.45) is 0 Å². The first-order chi connectivity index (χ1) is 15.9. The lowest BCUT2D eigenvalue weighted by molar-refractivity contribution is -0.150. The number of para-hydroxylation sites is 2. The fourth-order valence-corrected chi connectivity index (χ4v) is 3.36. The van der Waals surface area contributed by atoms with Crippen molar-refractivity contribution < 1.29 is 28.7 Å². The maximum absolute atomic E-state index is 12.7. The van der Waals surface area contributed by atoms with Crippen LogP contribution in [0.1, 0.15) is 29.8 Å². The number of anilines is 1. The van der Waals surface area contributed by atoms with Gasteiger partial charge in [0.25, 0.3) is 5.91 Å². The molecular weight excluding hydrogens is 426 g/mol. The van der Waals surface area contributed by atoms with E-state index in [0.29, 0.717) is 0 Å². The molecule has 3 N–H and O–H groups in total. The molecule has 0 spiro atoms. The lowest BCUT2D eigenvalue weighted by Gasteiger charge is -2.17. The summed E-state index contributed by atoms with van der Waals surface area (Å²) in [5.41, 5.74) is 2.17. The number of nitrogens with one attached hydrogen (secondary N) is 3. The number of fused-ring (bicyclic) bond motifs is 1. The minimum atomic E-state index is -0.971. The Morgan fingerprint density at radius 1 is 1.00 bits per heavy atom. The van der Waals surface area contributed by atoms with Crippen LogP contribution in [0.4, 0.5) is 5.69 Å². The van der Waals surface area contributed by atoms with Crippen LogP contribution in [-0.2, 0) is 30.3 Å². The molecule has 0 aliphatic heterocycles. The quantitative estimate of drug-likeness (QED) is 0.429. The first-order valence-corrected chi connectivity index (χ1v) is 10.4. The van der Waals surface area contributed by atoms with Crippen LogP contribution in [-0.4, -0.2) is 48.0 Å². The standard InChI is InChI=1S/C24H25N3O6/c1-3-32-23(30)18-9-5-7-11-20(18)27-22(29)14-33-24(31)21(26-15(2)28)12-16-13-25-19-10-6-4-8-17(16)19/h4-11,13,21,25H,3,12,14H2,1-2H3,(H,26,28)(H,27,29)/t21-/m1/s1. The maximum atomic E-state index is 12.7. The number of rotatable bonds is 9. The predicted octanol–water partition coefficient (Wildman–Crippen LogP) is 2.57. The number of ether oxygens (including phenoxy) is 2. The molecule has 172 valence electrons. The second-order valence-corrected chi connectivity index (χ2v) is 7.24. The largest absolute Gasteiger partial charge is 0.462 e. The first kappa shape index (κ1) is 23.5. The van der Waals surface area contributed by atoms with Gasteiger partial charge in [-0.2, -0.15) is 0 Å². The molecule has 0 unspecified atom stereocenters. The molecule has 0 fully saturated rings. The van der Waals surface area contributed by atoms with Gasteiger partial charge in [0, 0.05) is 30.4 Å². The van der Waals surface area contributed by atoms with Gasteiger partial charge >= 0.3 is 11.9 Å². The van der Waals surface area contributed by atoms with Crippen LogP contribution in [0.15, 0.2) is 54.7 Å². The number of hydrogen-bond acceptors (Lipinski definition) is 6. The van der Waals surface area contributed by atoms with Gasteiger partial charge in [0.05, 0.1) is 17.9 Å². The highest BCUT2D eigenvalue weighted by molar-refractivity contribution is 6.02. The topological polar surface area (TPSA) is 127 Å². The summed E-state index contributed by atoms with van der Waals surface area (Å²) in [4.78, 5) is 51.8. The van der Waals surface area contributed by atoms with E-state index in [1.807, 2.05) is 24.3 Å². The highest BCUT2D eigenvalue weighted by Crippen LogP contribution is 2.20. The van der Waals surface area contributed by atoms with Crippen molar-refractivity contribution in [1.82, 2.24) is 10.3 Å². The van der Waals surface area contributed by atoms with E-state index in [1.165, 1.54) is 13.0 Å². The summed E-state index contributed by atoms with van der Waals surface area (Å²) in [7, 11) is 0. The molecule has 3 aromatic rings. The zero-order valence-electron chi connectivity index (χ0n) is 18.3. The number of esters is 2. The van der Waals surface area contributed by atoms with Crippen LogP contribution in [0.3, 0.4) is 0 Å². The molecule has 0 saturated heterocycles. The summed E-state index contributed by atoms with van der Waals surface area (Å²) in [6.45, 7) is 2.59. The second kappa shape index (κ2) is 10.9. The number of amides is 2. The van der Waals surface area contributed by atoms with Gasteiger partial charge in [0.2, 0.25) is 5.91 Å². The normalized spacial score (nSPS) is 11.5. The molecule has 9 heteroatoms. The van der Waals surface area contributed by atoms with Gasteiger partial charge in [0.15, 0.2) is 6.61 Å². The molecule has 1 atom stereocenters. The van der Waals surface area contributed by atoms with Crippen LogP contribution in [0, 0.1) is 0 Å². The number of hydrogen-bond donors (Lipinski definition) is 3. The van der Waals surface area contributed by atoms with Crippen molar-refractivity contribution >= 4 is 40.3 Å². The predicted molar refractivity (Wildman–Crippen MR) is 122 cm³/mol. The Hall–Kier alpha value is -4.14. The minimum absolute atomic E-state index is 0.189. The fraction of sp³-hybridized carbons (Fsp3) is 0.250. The van der Waals surface area contributed by atoms with E-state index in [-0.39, 0.29) is 24.3 Å². The van der Waals surface area contributed by atoms with E-state index >= 15 is 0 Å². The SMILES string of the molecule is CCOC(=O)c1ccccc1NC(=O)COC(=O)[C@@H](Cc1c[nH]c2ccccc12)NC(C)=O. The molecule has 33 heavy (non-hydrogen) atoms. The summed E-state index contributed by atoms with van der Waals surface area (Å²) >= 11 is 0. The Morgan fingerprint density at radius 2 is 1.73 bits per heavy atom. The molecule has 0 bridgehead atoms. The highest BCUT2D eigenvalue weighted by atomic mass is 16.5. The van der Waals surface area contributed by atoms with Gasteiger partial charge in [-0.25, -0.2) is 9.59 Å². The number of benzene rings is 2. The van der Waals surface area contributed by atoms with Crippen LogP contribution < -0.4 is 10.6 Å². The average Bonchev–Trinajstić information content (AvgIpc) is 3.20. The number of H-pyrrole nitrogens is 1. The molecule has 2 amide bonds. The highest BCUT2D eigenvalue weighted by Gasteiger charge is 2.24. The third-order valence-electron chi connectivity index (χ3n) is 4.80. The molecule has 3 rings (SSSR count). The van der Waals surface area contributed by atoms with Crippen molar-refractivity contribution in [2.75, 3.05) is 18.5 Å². The summed E-state index contributed by atoms with van der Waals surface area (Å²) in [6, 6.07) is 13.0. The molecule has 0 saturated carbocycles. The van der Waals surface area contributed by atoms with Gasteiger partial charge < -0.3 is 25.1 Å². The second-order valence-electron chi connectivity index (χ2n) is 7.24. The van der Waals surface area contributed by atoms with Crippen molar-refractivity contribution in [1.29, 1.82) is 0 Å². The zero-order valence-corrected chi connectivity index (χ0v) is 18.3. The van der Waals surface area contributed by atoms with Gasteiger partial charge in [-0.1, -0.05) is 30.3 Å². The van der Waals surface area contributed by atoms with Crippen molar-refractivity contribution in [3.63, 3.8) is 0 Å². The zero-order chi connectivity index (χ0) is 23.8. The lowest BCUT2D eigenvalue weighted by Crippen LogP contribution is -2.43. The molecule has 2 aromatic carbocycles. The Balaban J connectivity index is 1.64. The Bertz CT molecular complexity index is 1170. The Morgan fingerprint density at radius 3 is 2.48 bits per heavy atom. The van der Waals surface area contributed by atoms with Crippen LogP contribution in [0.2, 0.25) is 0 Å². The molecule has 0 aliphatic rings. The third kappa shape index (κ3) is 6.19. The number of carbonyl (C=O) groups is 4. The molecule has 0 radical (unpaired) electrons. The maximum Gasteiger partial charge on any atom is 0.340 e. The van der Waals surface area contributed by atoms with Crippen LogP contribution >= 0.6 is 0 Å². The Labute approximate surface area is 190 Å². The van der Waals surface area contributed by atoms with Gasteiger partial charge in [-0.15, -0.1) is 0 Å². The monoisotopic (exact) mass is 451 g/mol. The molecular formula is C24H25N3O6. The number of carbonyl (C=O) groups excluding carboxylic acids is 4. The van der Waals surface area contributed by atoms with Crippen LogP contribution in [0.25, 0.3) is 10.9 Å². The van der Waals surface area contributed by atoms with E-state index in [1.54, 1.807) is 31.3 Å².